The molecule has 0 aromatic carbocycles. The van der Waals surface area contributed by atoms with Crippen LogP contribution in [0, 0.1) is 17.8 Å². The Hall–Kier alpha value is -0.280. The summed E-state index contributed by atoms with van der Waals surface area (Å²) in [5.41, 5.74) is 0. The quantitative estimate of drug-likeness (QED) is 0.869. The highest BCUT2D eigenvalue weighted by molar-refractivity contribution is 5.85. The van der Waals surface area contributed by atoms with Crippen molar-refractivity contribution in [3.8, 4) is 0 Å². The van der Waals surface area contributed by atoms with Gasteiger partial charge in [-0.1, -0.05) is 25.7 Å². The first kappa shape index (κ1) is 16.1. The summed E-state index contributed by atoms with van der Waals surface area (Å²) in [5.74, 6) is 2.93. The summed E-state index contributed by atoms with van der Waals surface area (Å²) >= 11 is 0. The Balaban J connectivity index is 0.00000147. The first-order chi connectivity index (χ1) is 9.33. The molecule has 3 fully saturated rings. The van der Waals surface area contributed by atoms with Crippen LogP contribution >= 0.6 is 12.4 Å². The van der Waals surface area contributed by atoms with Crippen molar-refractivity contribution in [1.29, 1.82) is 0 Å². The van der Waals surface area contributed by atoms with Crippen molar-refractivity contribution in [2.75, 3.05) is 26.2 Å². The predicted molar refractivity (Wildman–Crippen MR) is 84.1 cm³/mol. The molecule has 3 aliphatic rings. The van der Waals surface area contributed by atoms with Gasteiger partial charge in [0.15, 0.2) is 0 Å². The number of fused-ring (bicyclic) bond motifs is 1. The molecule has 0 unspecified atom stereocenters. The van der Waals surface area contributed by atoms with Crippen LogP contribution in [0.4, 0.5) is 0 Å². The van der Waals surface area contributed by atoms with Gasteiger partial charge in [0.1, 0.15) is 0 Å². The van der Waals surface area contributed by atoms with Crippen molar-refractivity contribution in [1.82, 2.24) is 10.2 Å². The molecule has 2 atom stereocenters. The zero-order valence-corrected chi connectivity index (χ0v) is 13.3. The van der Waals surface area contributed by atoms with Gasteiger partial charge in [-0.2, -0.15) is 0 Å². The van der Waals surface area contributed by atoms with Crippen molar-refractivity contribution in [2.24, 2.45) is 17.8 Å². The van der Waals surface area contributed by atoms with E-state index in [9.17, 15) is 4.79 Å². The van der Waals surface area contributed by atoms with E-state index in [4.69, 9.17) is 0 Å². The van der Waals surface area contributed by atoms with Gasteiger partial charge in [-0.15, -0.1) is 12.4 Å². The summed E-state index contributed by atoms with van der Waals surface area (Å²) in [6.07, 6.45) is 9.88. The van der Waals surface area contributed by atoms with Crippen LogP contribution in [0.5, 0.6) is 0 Å². The van der Waals surface area contributed by atoms with E-state index >= 15 is 0 Å². The zero-order valence-electron chi connectivity index (χ0n) is 12.5. The molecule has 2 aliphatic heterocycles. The summed E-state index contributed by atoms with van der Waals surface area (Å²) in [4.78, 5) is 14.5. The molecule has 116 valence electrons. The van der Waals surface area contributed by atoms with Crippen LogP contribution in [0.1, 0.15) is 51.4 Å². The zero-order chi connectivity index (χ0) is 13.1. The minimum Gasteiger partial charge on any atom is -0.343 e. The third-order valence-electron chi connectivity index (χ3n) is 5.61. The molecule has 4 heteroatoms. The molecule has 1 saturated carbocycles. The average Bonchev–Trinajstić information content (AvgIpc) is 3.05. The van der Waals surface area contributed by atoms with Crippen molar-refractivity contribution in [3.63, 3.8) is 0 Å². The third kappa shape index (κ3) is 3.88. The average molecular weight is 301 g/mol. The summed E-state index contributed by atoms with van der Waals surface area (Å²) in [6, 6.07) is 0. The number of hydrogen-bond donors (Lipinski definition) is 1. The molecular formula is C16H29ClN2O. The summed E-state index contributed by atoms with van der Waals surface area (Å²) < 4.78 is 0. The lowest BCUT2D eigenvalue weighted by Crippen LogP contribution is -2.32. The maximum atomic E-state index is 12.3. The van der Waals surface area contributed by atoms with Crippen LogP contribution in [0.3, 0.4) is 0 Å². The monoisotopic (exact) mass is 300 g/mol. The number of carbonyl (C=O) groups excluding carboxylic acids is 1. The normalized spacial score (nSPS) is 30.7. The fourth-order valence-electron chi connectivity index (χ4n) is 4.25. The summed E-state index contributed by atoms with van der Waals surface area (Å²) in [7, 11) is 0. The standard InChI is InChI=1S/C16H28N2O.ClH/c19-16(6-5-13-3-1-2-4-13)18-9-7-14-11-17-12-15(14)8-10-18;/h13-15,17H,1-12H2;1H/t14-,15+;. The second kappa shape index (κ2) is 7.65. The smallest absolute Gasteiger partial charge is 0.222 e. The minimum atomic E-state index is 0. The third-order valence-corrected chi connectivity index (χ3v) is 5.61. The highest BCUT2D eigenvalue weighted by Crippen LogP contribution is 2.30. The largest absolute Gasteiger partial charge is 0.343 e. The Bertz CT molecular complexity index is 304. The van der Waals surface area contributed by atoms with Crippen molar-refractivity contribution in [3.05, 3.63) is 0 Å². The maximum Gasteiger partial charge on any atom is 0.222 e. The molecule has 3 nitrogen and oxygen atoms in total. The Morgan fingerprint density at radius 2 is 1.60 bits per heavy atom. The molecular weight excluding hydrogens is 272 g/mol. The number of nitrogens with zero attached hydrogens (tertiary/aromatic N) is 1. The van der Waals surface area contributed by atoms with Gasteiger partial charge in [-0.05, 0) is 50.1 Å². The van der Waals surface area contributed by atoms with Gasteiger partial charge in [-0.3, -0.25) is 4.79 Å². The Morgan fingerprint density at radius 3 is 2.20 bits per heavy atom. The van der Waals surface area contributed by atoms with Crippen LogP contribution in [-0.4, -0.2) is 37.0 Å². The lowest BCUT2D eigenvalue weighted by molar-refractivity contribution is -0.131. The topological polar surface area (TPSA) is 32.3 Å². The molecule has 3 rings (SSSR count). The molecule has 2 heterocycles. The lowest BCUT2D eigenvalue weighted by atomic mass is 9.92. The van der Waals surface area contributed by atoms with E-state index in [0.717, 1.165) is 43.7 Å². The number of nitrogens with one attached hydrogen (secondary N) is 1. The lowest BCUT2D eigenvalue weighted by Gasteiger charge is -2.21. The highest BCUT2D eigenvalue weighted by atomic mass is 35.5. The van der Waals surface area contributed by atoms with Gasteiger partial charge >= 0.3 is 0 Å². The molecule has 1 aliphatic carbocycles. The first-order valence-corrected chi connectivity index (χ1v) is 8.31. The van der Waals surface area contributed by atoms with E-state index in [-0.39, 0.29) is 12.4 Å². The van der Waals surface area contributed by atoms with Crippen molar-refractivity contribution < 1.29 is 4.79 Å². The summed E-state index contributed by atoms with van der Waals surface area (Å²) in [6.45, 7) is 4.36. The molecule has 0 radical (unpaired) electrons. The number of amides is 1. The molecule has 0 aromatic rings. The van der Waals surface area contributed by atoms with Gasteiger partial charge < -0.3 is 10.2 Å². The molecule has 0 aromatic heterocycles. The molecule has 1 N–H and O–H groups in total. The van der Waals surface area contributed by atoms with Crippen LogP contribution < -0.4 is 5.32 Å². The maximum absolute atomic E-state index is 12.3. The predicted octanol–water partition coefficient (Wildman–Crippen LogP) is 2.84. The number of rotatable bonds is 3. The van der Waals surface area contributed by atoms with E-state index in [1.54, 1.807) is 0 Å². The van der Waals surface area contributed by atoms with Crippen LogP contribution in [0.25, 0.3) is 0 Å². The van der Waals surface area contributed by atoms with Gasteiger partial charge in [0.2, 0.25) is 5.91 Å². The van der Waals surface area contributed by atoms with Crippen LogP contribution in [-0.2, 0) is 4.79 Å². The van der Waals surface area contributed by atoms with E-state index in [1.807, 2.05) is 0 Å². The second-order valence-electron chi connectivity index (χ2n) is 6.83. The number of carbonyl (C=O) groups is 1. The Kier molecular flexibility index (Phi) is 6.16. The first-order valence-electron chi connectivity index (χ1n) is 8.31. The molecule has 20 heavy (non-hydrogen) atoms. The van der Waals surface area contributed by atoms with Gasteiger partial charge in [-0.25, -0.2) is 0 Å². The number of halogens is 1. The van der Waals surface area contributed by atoms with Crippen LogP contribution in [0.2, 0.25) is 0 Å². The molecule has 2 saturated heterocycles. The fourth-order valence-corrected chi connectivity index (χ4v) is 4.25. The molecule has 0 bridgehead atoms. The van der Waals surface area contributed by atoms with E-state index < -0.39 is 0 Å². The Morgan fingerprint density at radius 1 is 1.00 bits per heavy atom. The molecule has 0 spiro atoms. The van der Waals surface area contributed by atoms with Gasteiger partial charge in [0.25, 0.3) is 0 Å². The van der Waals surface area contributed by atoms with Crippen LogP contribution in [0.15, 0.2) is 0 Å². The highest BCUT2D eigenvalue weighted by Gasteiger charge is 2.31. The van der Waals surface area contributed by atoms with Crippen molar-refractivity contribution in [2.45, 2.75) is 51.4 Å². The van der Waals surface area contributed by atoms with E-state index in [1.165, 1.54) is 51.6 Å². The number of likely N-dealkylation sites (tertiary alicyclic amines) is 1. The van der Waals surface area contributed by atoms with Crippen molar-refractivity contribution >= 4 is 18.3 Å². The Labute approximate surface area is 129 Å². The van der Waals surface area contributed by atoms with Gasteiger partial charge in [0.05, 0.1) is 0 Å². The van der Waals surface area contributed by atoms with E-state index in [0.29, 0.717) is 5.91 Å². The fraction of sp³-hybridized carbons (Fsp3) is 0.938. The summed E-state index contributed by atoms with van der Waals surface area (Å²) in [5, 5.41) is 3.49. The second-order valence-corrected chi connectivity index (χ2v) is 6.83. The molecule has 1 amide bonds. The SMILES string of the molecule is Cl.O=C(CCC1CCCC1)N1CC[C@@H]2CNC[C@@H]2CC1. The number of hydrogen-bond acceptors (Lipinski definition) is 2. The van der Waals surface area contributed by atoms with E-state index in [2.05, 4.69) is 10.2 Å². The minimum absolute atomic E-state index is 0. The van der Waals surface area contributed by atoms with Gasteiger partial charge in [0, 0.05) is 19.5 Å².